The van der Waals surface area contributed by atoms with Gasteiger partial charge in [-0.1, -0.05) is 11.8 Å². The van der Waals surface area contributed by atoms with Gasteiger partial charge in [-0.2, -0.15) is 0 Å². The van der Waals surface area contributed by atoms with Gasteiger partial charge in [0, 0.05) is 48.5 Å². The minimum absolute atomic E-state index is 0.474. The Morgan fingerprint density at radius 3 is 2.75 bits per heavy atom. The molecule has 28 heavy (non-hydrogen) atoms. The maximum Gasteiger partial charge on any atom is 0.189 e. The van der Waals surface area contributed by atoms with Gasteiger partial charge in [-0.15, -0.1) is 0 Å². The van der Waals surface area contributed by atoms with Crippen LogP contribution in [0.5, 0.6) is 0 Å². The molecule has 0 saturated carbocycles. The molecule has 0 radical (unpaired) electrons. The molecule has 7 nitrogen and oxygen atoms in total. The maximum absolute atomic E-state index is 7.95. The molecule has 0 saturated heterocycles. The lowest BCUT2D eigenvalue weighted by Gasteiger charge is -2.15. The molecule has 3 rings (SSSR count). The van der Waals surface area contributed by atoms with E-state index in [1.807, 2.05) is 50.7 Å². The molecule has 2 aromatic rings. The topological polar surface area (TPSA) is 98.6 Å². The Bertz CT molecular complexity index is 946. The minimum atomic E-state index is 0.474. The van der Waals surface area contributed by atoms with E-state index in [1.165, 1.54) is 11.8 Å². The highest BCUT2D eigenvalue weighted by Crippen LogP contribution is 2.21. The van der Waals surface area contributed by atoms with Crippen molar-refractivity contribution in [3.8, 4) is 0 Å². The maximum atomic E-state index is 7.95. The van der Waals surface area contributed by atoms with Crippen LogP contribution in [0.3, 0.4) is 0 Å². The van der Waals surface area contributed by atoms with Gasteiger partial charge in [0.1, 0.15) is 5.82 Å². The number of nitrogens with zero attached hydrogens (tertiary/aromatic N) is 3. The molecule has 0 bridgehead atoms. The van der Waals surface area contributed by atoms with E-state index >= 15 is 0 Å². The molecule has 1 aliphatic carbocycles. The summed E-state index contributed by atoms with van der Waals surface area (Å²) in [6.45, 7) is 2.50. The predicted octanol–water partition coefficient (Wildman–Crippen LogP) is 3.31. The standard InChI is InChI=1S/C20H23N7S/c1-13-4-5-17(12-23-13)26-19-15(11-25-20(27-19)28-3)10-24-16-6-7-18(21)14(8-16)9-22-2/h4-9,11-12,21-22,24H,10H2,1-3H3,(H,25,26,27)/b14-9-,21-18?. The first-order chi connectivity index (χ1) is 13.6. The van der Waals surface area contributed by atoms with Crippen molar-refractivity contribution in [2.24, 2.45) is 0 Å². The molecule has 8 heteroatoms. The van der Waals surface area contributed by atoms with Gasteiger partial charge >= 0.3 is 0 Å². The molecule has 0 aliphatic heterocycles. The number of nitrogens with one attached hydrogen (secondary N) is 4. The van der Waals surface area contributed by atoms with Gasteiger partial charge in [-0.3, -0.25) is 4.98 Å². The second-order valence-corrected chi connectivity index (χ2v) is 6.91. The van der Waals surface area contributed by atoms with Crippen LogP contribution in [0.4, 0.5) is 11.5 Å². The number of thioether (sulfide) groups is 1. The number of pyridine rings is 1. The van der Waals surface area contributed by atoms with E-state index in [9.17, 15) is 0 Å². The summed E-state index contributed by atoms with van der Waals surface area (Å²) < 4.78 is 0. The Kier molecular flexibility index (Phi) is 6.44. The Morgan fingerprint density at radius 1 is 1.18 bits per heavy atom. The van der Waals surface area contributed by atoms with Gasteiger partial charge in [0.25, 0.3) is 0 Å². The summed E-state index contributed by atoms with van der Waals surface area (Å²) in [5.41, 5.74) is 5.00. The van der Waals surface area contributed by atoms with Crippen LogP contribution < -0.4 is 16.0 Å². The van der Waals surface area contributed by atoms with Crippen molar-refractivity contribution in [2.45, 2.75) is 18.6 Å². The number of hydrogen-bond donors (Lipinski definition) is 4. The summed E-state index contributed by atoms with van der Waals surface area (Å²) in [6, 6.07) is 3.94. The lowest BCUT2D eigenvalue weighted by atomic mass is 10.0. The zero-order valence-electron chi connectivity index (χ0n) is 16.1. The normalized spacial score (nSPS) is 14.8. The Hall–Kier alpha value is -3.13. The van der Waals surface area contributed by atoms with Crippen LogP contribution in [0.25, 0.3) is 0 Å². The lowest BCUT2D eigenvalue weighted by molar-refractivity contribution is 0.809. The van der Waals surface area contributed by atoms with Crippen molar-refractivity contribution in [3.05, 3.63) is 71.5 Å². The number of aromatic nitrogens is 3. The second kappa shape index (κ2) is 9.18. The number of hydrogen-bond acceptors (Lipinski definition) is 8. The van der Waals surface area contributed by atoms with Crippen molar-refractivity contribution >= 4 is 29.0 Å². The second-order valence-electron chi connectivity index (χ2n) is 6.13. The molecular formula is C20H23N7S. The number of rotatable bonds is 7. The molecule has 0 atom stereocenters. The monoisotopic (exact) mass is 393 g/mol. The fourth-order valence-electron chi connectivity index (χ4n) is 2.55. The van der Waals surface area contributed by atoms with E-state index in [1.54, 1.807) is 18.5 Å². The number of aryl methyl sites for hydroxylation is 1. The molecule has 1 aliphatic rings. The summed E-state index contributed by atoms with van der Waals surface area (Å²) in [7, 11) is 1.82. The molecule has 0 fully saturated rings. The smallest absolute Gasteiger partial charge is 0.189 e. The van der Waals surface area contributed by atoms with E-state index < -0.39 is 0 Å². The summed E-state index contributed by atoms with van der Waals surface area (Å²) in [5, 5.41) is 18.3. The third-order valence-electron chi connectivity index (χ3n) is 4.03. The van der Waals surface area contributed by atoms with Gasteiger partial charge in [0.05, 0.1) is 17.6 Å². The highest BCUT2D eigenvalue weighted by atomic mass is 32.2. The van der Waals surface area contributed by atoms with Crippen LogP contribution in [0.1, 0.15) is 11.3 Å². The average Bonchev–Trinajstić information content (AvgIpc) is 2.71. The van der Waals surface area contributed by atoms with Crippen LogP contribution in [-0.2, 0) is 6.54 Å². The van der Waals surface area contributed by atoms with E-state index in [-0.39, 0.29) is 0 Å². The molecule has 2 heterocycles. The Labute approximate surface area is 169 Å². The predicted molar refractivity (Wildman–Crippen MR) is 115 cm³/mol. The summed E-state index contributed by atoms with van der Waals surface area (Å²) in [6.07, 6.45) is 13.0. The molecule has 144 valence electrons. The van der Waals surface area contributed by atoms with Gasteiger partial charge < -0.3 is 21.4 Å². The van der Waals surface area contributed by atoms with E-state index in [2.05, 4.69) is 30.9 Å². The van der Waals surface area contributed by atoms with Gasteiger partial charge in [-0.25, -0.2) is 9.97 Å². The van der Waals surface area contributed by atoms with Crippen LogP contribution in [0.2, 0.25) is 0 Å². The van der Waals surface area contributed by atoms with Crippen molar-refractivity contribution in [1.29, 1.82) is 5.41 Å². The zero-order chi connectivity index (χ0) is 19.9. The summed E-state index contributed by atoms with van der Waals surface area (Å²) in [4.78, 5) is 13.3. The zero-order valence-corrected chi connectivity index (χ0v) is 16.9. The van der Waals surface area contributed by atoms with Crippen molar-refractivity contribution < 1.29 is 0 Å². The van der Waals surface area contributed by atoms with Crippen molar-refractivity contribution in [3.63, 3.8) is 0 Å². The van der Waals surface area contributed by atoms with E-state index in [0.29, 0.717) is 17.4 Å². The van der Waals surface area contributed by atoms with Gasteiger partial charge in [0.2, 0.25) is 0 Å². The highest BCUT2D eigenvalue weighted by Gasteiger charge is 2.11. The molecular weight excluding hydrogens is 370 g/mol. The summed E-state index contributed by atoms with van der Waals surface area (Å²) >= 11 is 1.50. The number of anilines is 2. The van der Waals surface area contributed by atoms with Crippen LogP contribution in [-0.4, -0.2) is 34.0 Å². The van der Waals surface area contributed by atoms with Crippen molar-refractivity contribution in [1.82, 2.24) is 25.6 Å². The third-order valence-corrected chi connectivity index (χ3v) is 4.60. The largest absolute Gasteiger partial charge is 0.393 e. The van der Waals surface area contributed by atoms with Crippen LogP contribution in [0.15, 0.2) is 65.4 Å². The highest BCUT2D eigenvalue weighted by molar-refractivity contribution is 7.98. The fraction of sp³-hybridized carbons (Fsp3) is 0.200. The van der Waals surface area contributed by atoms with Gasteiger partial charge in [0.15, 0.2) is 5.16 Å². The molecule has 0 aromatic carbocycles. The first-order valence-electron chi connectivity index (χ1n) is 8.78. The fourth-order valence-corrected chi connectivity index (χ4v) is 2.89. The van der Waals surface area contributed by atoms with E-state index in [0.717, 1.165) is 34.0 Å². The quantitative estimate of drug-likeness (QED) is 0.423. The minimum Gasteiger partial charge on any atom is -0.393 e. The Morgan fingerprint density at radius 2 is 2.04 bits per heavy atom. The molecule has 0 unspecified atom stereocenters. The lowest BCUT2D eigenvalue weighted by Crippen LogP contribution is -2.17. The number of allylic oxidation sites excluding steroid dienone is 4. The third kappa shape index (κ3) is 4.98. The van der Waals surface area contributed by atoms with Crippen LogP contribution in [0, 0.1) is 12.3 Å². The van der Waals surface area contributed by atoms with Crippen LogP contribution >= 0.6 is 11.8 Å². The van der Waals surface area contributed by atoms with E-state index in [4.69, 9.17) is 5.41 Å². The SMILES string of the molecule is CN/C=C1/C=C(NCc2cnc(SC)nc2Nc2ccc(C)nc2)C=CC1=N. The molecule has 2 aromatic heterocycles. The molecule has 0 amide bonds. The first kappa shape index (κ1) is 19.6. The first-order valence-corrected chi connectivity index (χ1v) is 10.0. The molecule has 4 N–H and O–H groups in total. The molecule has 0 spiro atoms. The summed E-state index contributed by atoms with van der Waals surface area (Å²) in [5.74, 6) is 0.747. The average molecular weight is 394 g/mol. The van der Waals surface area contributed by atoms with Gasteiger partial charge in [-0.05, 0) is 43.5 Å². The van der Waals surface area contributed by atoms with Crippen molar-refractivity contribution in [2.75, 3.05) is 18.6 Å². The Balaban J connectivity index is 1.79.